The molecule has 2 aromatic carbocycles. The molecule has 0 saturated heterocycles. The first kappa shape index (κ1) is 18.3. The summed E-state index contributed by atoms with van der Waals surface area (Å²) in [7, 11) is 0. The van der Waals surface area contributed by atoms with Crippen molar-refractivity contribution in [2.45, 2.75) is 0 Å². The molecule has 0 fully saturated rings. The average Bonchev–Trinajstić information content (AvgIpc) is 3.50. The summed E-state index contributed by atoms with van der Waals surface area (Å²) in [5.41, 5.74) is 1.94. The predicted molar refractivity (Wildman–Crippen MR) is 107 cm³/mol. The second-order valence-electron chi connectivity index (χ2n) is 6.40. The zero-order valence-electron chi connectivity index (χ0n) is 15.5. The zero-order chi connectivity index (χ0) is 20.5. The molecule has 2 amide bonds. The highest BCUT2D eigenvalue weighted by atomic mass is 32.1. The molecule has 0 saturated carbocycles. The molecule has 152 valence electrons. The summed E-state index contributed by atoms with van der Waals surface area (Å²) < 4.78 is 21.1. The first-order chi connectivity index (χ1) is 14.7. The molecule has 2 aliphatic rings. The van der Waals surface area contributed by atoms with E-state index in [2.05, 4.69) is 15.6 Å². The summed E-state index contributed by atoms with van der Waals surface area (Å²) in [6, 6.07) is 10.4. The van der Waals surface area contributed by atoms with Crippen molar-refractivity contribution in [3.63, 3.8) is 0 Å². The molecular formula is C20H15N3O6S. The number of rotatable bonds is 5. The van der Waals surface area contributed by atoms with E-state index in [1.165, 1.54) is 11.3 Å². The minimum absolute atomic E-state index is 0.130. The number of benzene rings is 2. The van der Waals surface area contributed by atoms with Crippen molar-refractivity contribution in [2.75, 3.05) is 25.4 Å². The topological polar surface area (TPSA) is 108 Å². The van der Waals surface area contributed by atoms with Gasteiger partial charge in [0.2, 0.25) is 19.5 Å². The van der Waals surface area contributed by atoms with Gasteiger partial charge in [-0.15, -0.1) is 11.3 Å². The number of nitrogens with one attached hydrogen (secondary N) is 2. The van der Waals surface area contributed by atoms with E-state index in [-0.39, 0.29) is 31.9 Å². The molecule has 0 unspecified atom stereocenters. The Bertz CT molecular complexity index is 1150. The third-order valence-electron chi connectivity index (χ3n) is 4.46. The fraction of sp³-hybridized carbons (Fsp3) is 0.150. The molecule has 2 N–H and O–H groups in total. The van der Waals surface area contributed by atoms with Crippen molar-refractivity contribution in [1.82, 2.24) is 10.3 Å². The van der Waals surface area contributed by atoms with Gasteiger partial charge in [-0.3, -0.25) is 9.59 Å². The molecule has 3 aromatic rings. The predicted octanol–water partition coefficient (Wildman–Crippen LogP) is 2.64. The molecule has 0 radical (unpaired) electrons. The largest absolute Gasteiger partial charge is 0.454 e. The Kier molecular flexibility index (Phi) is 4.60. The van der Waals surface area contributed by atoms with Crippen LogP contribution >= 0.6 is 11.3 Å². The van der Waals surface area contributed by atoms with E-state index in [1.807, 2.05) is 23.6 Å². The van der Waals surface area contributed by atoms with E-state index in [1.54, 1.807) is 18.2 Å². The molecule has 0 spiro atoms. The van der Waals surface area contributed by atoms with Gasteiger partial charge in [-0.2, -0.15) is 0 Å². The Morgan fingerprint density at radius 3 is 2.43 bits per heavy atom. The van der Waals surface area contributed by atoms with Crippen LogP contribution in [0.2, 0.25) is 0 Å². The van der Waals surface area contributed by atoms with Crippen LogP contribution in [0.25, 0.3) is 11.3 Å². The van der Waals surface area contributed by atoms with Gasteiger partial charge in [0.25, 0.3) is 5.91 Å². The molecule has 0 aliphatic carbocycles. The van der Waals surface area contributed by atoms with Crippen molar-refractivity contribution in [3.8, 4) is 34.3 Å². The van der Waals surface area contributed by atoms with Crippen LogP contribution in [0.5, 0.6) is 23.0 Å². The Balaban J connectivity index is 1.18. The highest BCUT2D eigenvalue weighted by molar-refractivity contribution is 7.14. The molecule has 30 heavy (non-hydrogen) atoms. The van der Waals surface area contributed by atoms with Crippen LogP contribution < -0.4 is 29.6 Å². The molecule has 3 heterocycles. The monoisotopic (exact) mass is 425 g/mol. The minimum atomic E-state index is -0.386. The first-order valence-electron chi connectivity index (χ1n) is 8.99. The molecule has 2 aliphatic heterocycles. The Morgan fingerprint density at radius 1 is 0.933 bits per heavy atom. The number of carbonyl (C=O) groups is 2. The van der Waals surface area contributed by atoms with Crippen LogP contribution in [0, 0.1) is 0 Å². The van der Waals surface area contributed by atoms with Crippen molar-refractivity contribution in [1.29, 1.82) is 0 Å². The Hall–Kier alpha value is -3.79. The number of hydrogen-bond donors (Lipinski definition) is 2. The van der Waals surface area contributed by atoms with E-state index < -0.39 is 0 Å². The van der Waals surface area contributed by atoms with Gasteiger partial charge in [-0.05, 0) is 36.4 Å². The van der Waals surface area contributed by atoms with Gasteiger partial charge in [0.1, 0.15) is 0 Å². The van der Waals surface area contributed by atoms with Gasteiger partial charge in [0.05, 0.1) is 12.2 Å². The smallest absolute Gasteiger partial charge is 0.251 e. The van der Waals surface area contributed by atoms with Gasteiger partial charge in [-0.1, -0.05) is 0 Å². The quantitative estimate of drug-likeness (QED) is 0.647. The summed E-state index contributed by atoms with van der Waals surface area (Å²) in [6.07, 6.45) is 0. The normalized spacial score (nSPS) is 13.2. The fourth-order valence-electron chi connectivity index (χ4n) is 2.98. The van der Waals surface area contributed by atoms with Crippen LogP contribution in [0.4, 0.5) is 5.13 Å². The maximum atomic E-state index is 12.3. The van der Waals surface area contributed by atoms with Crippen molar-refractivity contribution >= 4 is 28.3 Å². The number of amides is 2. The number of thiazole rings is 1. The van der Waals surface area contributed by atoms with Crippen LogP contribution in [0.3, 0.4) is 0 Å². The lowest BCUT2D eigenvalue weighted by molar-refractivity contribution is -0.115. The van der Waals surface area contributed by atoms with Crippen LogP contribution in [-0.4, -0.2) is 36.9 Å². The number of ether oxygens (including phenoxy) is 4. The van der Waals surface area contributed by atoms with E-state index in [0.717, 1.165) is 5.56 Å². The molecular weight excluding hydrogens is 410 g/mol. The molecule has 0 atom stereocenters. The lowest BCUT2D eigenvalue weighted by Crippen LogP contribution is -2.32. The standard InChI is InChI=1S/C20H15N3O6S/c24-18(7-21-19(25)12-2-4-15-17(6-12)29-10-27-15)23-20-22-13(8-30-20)11-1-3-14-16(5-11)28-9-26-14/h1-6,8H,7,9-10H2,(H,21,25)(H,22,23,24). The summed E-state index contributed by atoms with van der Waals surface area (Å²) in [4.78, 5) is 28.9. The molecule has 1 aromatic heterocycles. The molecule has 9 nitrogen and oxygen atoms in total. The van der Waals surface area contributed by atoms with Gasteiger partial charge in [0, 0.05) is 16.5 Å². The third-order valence-corrected chi connectivity index (χ3v) is 5.22. The van der Waals surface area contributed by atoms with Gasteiger partial charge in [-0.25, -0.2) is 4.98 Å². The average molecular weight is 425 g/mol. The number of aromatic nitrogens is 1. The highest BCUT2D eigenvalue weighted by Crippen LogP contribution is 2.36. The van der Waals surface area contributed by atoms with Crippen LogP contribution in [0.15, 0.2) is 41.8 Å². The third kappa shape index (κ3) is 3.60. The Labute approximate surface area is 174 Å². The summed E-state index contributed by atoms with van der Waals surface area (Å²) in [5, 5.41) is 7.53. The maximum absolute atomic E-state index is 12.3. The second kappa shape index (κ2) is 7.56. The van der Waals surface area contributed by atoms with Crippen LogP contribution in [-0.2, 0) is 4.79 Å². The number of fused-ring (bicyclic) bond motifs is 2. The number of hydrogen-bond acceptors (Lipinski definition) is 8. The number of carbonyl (C=O) groups excluding carboxylic acids is 2. The highest BCUT2D eigenvalue weighted by Gasteiger charge is 2.18. The van der Waals surface area contributed by atoms with Crippen LogP contribution in [0.1, 0.15) is 10.4 Å². The molecule has 0 bridgehead atoms. The van der Waals surface area contributed by atoms with Gasteiger partial charge < -0.3 is 29.6 Å². The van der Waals surface area contributed by atoms with Gasteiger partial charge in [0.15, 0.2) is 28.1 Å². The van der Waals surface area contributed by atoms with Crippen molar-refractivity contribution in [2.24, 2.45) is 0 Å². The fourth-order valence-corrected chi connectivity index (χ4v) is 3.72. The van der Waals surface area contributed by atoms with E-state index in [9.17, 15) is 9.59 Å². The lowest BCUT2D eigenvalue weighted by Gasteiger charge is -2.06. The Morgan fingerprint density at radius 2 is 1.63 bits per heavy atom. The molecule has 5 rings (SSSR count). The van der Waals surface area contributed by atoms with Crippen molar-refractivity contribution in [3.05, 3.63) is 47.3 Å². The van der Waals surface area contributed by atoms with Crippen molar-refractivity contribution < 1.29 is 28.5 Å². The zero-order valence-corrected chi connectivity index (χ0v) is 16.3. The minimum Gasteiger partial charge on any atom is -0.454 e. The summed E-state index contributed by atoms with van der Waals surface area (Å²) in [6.45, 7) is 0.145. The maximum Gasteiger partial charge on any atom is 0.251 e. The van der Waals surface area contributed by atoms with E-state index in [0.29, 0.717) is 39.4 Å². The van der Waals surface area contributed by atoms with E-state index >= 15 is 0 Å². The summed E-state index contributed by atoms with van der Waals surface area (Å²) >= 11 is 1.29. The second-order valence-corrected chi connectivity index (χ2v) is 7.26. The van der Waals surface area contributed by atoms with Gasteiger partial charge >= 0.3 is 0 Å². The first-order valence-corrected chi connectivity index (χ1v) is 9.87. The number of nitrogens with zero attached hydrogens (tertiary/aromatic N) is 1. The SMILES string of the molecule is O=C(CNC(=O)c1ccc2c(c1)OCO2)Nc1nc(-c2ccc3c(c2)OCO3)cs1. The number of anilines is 1. The summed E-state index contributed by atoms with van der Waals surface area (Å²) in [5.74, 6) is 1.69. The van der Waals surface area contributed by atoms with E-state index in [4.69, 9.17) is 18.9 Å². The molecule has 10 heteroatoms. The lowest BCUT2D eigenvalue weighted by atomic mass is 10.1.